The van der Waals surface area contributed by atoms with Crippen molar-refractivity contribution in [2.24, 2.45) is 0 Å². The Bertz CT molecular complexity index is 1240. The van der Waals surface area contributed by atoms with Crippen LogP contribution in [0.3, 0.4) is 0 Å². The van der Waals surface area contributed by atoms with Crippen molar-refractivity contribution in [1.29, 1.82) is 0 Å². The molecule has 0 unspecified atom stereocenters. The second-order valence-electron chi connectivity index (χ2n) is 8.12. The van der Waals surface area contributed by atoms with Crippen LogP contribution in [0.2, 0.25) is 10.3 Å². The molecule has 37 heavy (non-hydrogen) atoms. The highest BCUT2D eigenvalue weighted by Crippen LogP contribution is 2.45. The molecule has 196 valence electrons. The number of aromatic nitrogens is 4. The number of rotatable bonds is 7. The van der Waals surface area contributed by atoms with Crippen LogP contribution in [0.1, 0.15) is 65.0 Å². The largest absolute Gasteiger partial charge is 0.462 e. The zero-order valence-electron chi connectivity index (χ0n) is 20.6. The number of anilines is 1. The van der Waals surface area contributed by atoms with Crippen molar-refractivity contribution < 1.29 is 23.5 Å². The van der Waals surface area contributed by atoms with Crippen molar-refractivity contribution in [1.82, 2.24) is 19.9 Å². The molecule has 3 aromatic rings. The van der Waals surface area contributed by atoms with Gasteiger partial charge in [0.15, 0.2) is 0 Å². The molecule has 0 amide bonds. The van der Waals surface area contributed by atoms with Gasteiger partial charge in [-0.25, -0.2) is 33.9 Å². The van der Waals surface area contributed by atoms with Crippen LogP contribution in [-0.4, -0.2) is 45.1 Å². The Hall–Kier alpha value is -3.37. The molecule has 0 saturated heterocycles. The monoisotopic (exact) mass is 549 g/mol. The van der Waals surface area contributed by atoms with Crippen LogP contribution in [0.4, 0.5) is 10.3 Å². The van der Waals surface area contributed by atoms with E-state index in [1.54, 1.807) is 32.9 Å². The quantitative estimate of drug-likeness (QED) is 0.298. The highest BCUT2D eigenvalue weighted by Gasteiger charge is 2.42. The fraction of sp³-hybridized carbons (Fsp3) is 0.360. The molecule has 12 heteroatoms. The SMILES string of the molecule is CCOC(=O)c1cnc(Cl)nc1.CCOC(=O)c1cnc(NC2(c3cc(Cl)cc(C)c3F)CCC2)nc1. The lowest BCUT2D eigenvalue weighted by Crippen LogP contribution is -2.43. The third-order valence-electron chi connectivity index (χ3n) is 5.59. The van der Waals surface area contributed by atoms with E-state index >= 15 is 0 Å². The van der Waals surface area contributed by atoms with E-state index in [1.165, 1.54) is 24.8 Å². The smallest absolute Gasteiger partial charge is 0.341 e. The van der Waals surface area contributed by atoms with Gasteiger partial charge in [-0.3, -0.25) is 0 Å². The number of carbonyl (C=O) groups excluding carboxylic acids is 2. The van der Waals surface area contributed by atoms with Gasteiger partial charge in [-0.15, -0.1) is 0 Å². The van der Waals surface area contributed by atoms with Crippen molar-refractivity contribution in [2.75, 3.05) is 18.5 Å². The minimum Gasteiger partial charge on any atom is -0.462 e. The molecule has 2 aromatic heterocycles. The number of esters is 2. The summed E-state index contributed by atoms with van der Waals surface area (Å²) in [5, 5.41) is 3.84. The molecule has 0 atom stereocenters. The minimum absolute atomic E-state index is 0.114. The summed E-state index contributed by atoms with van der Waals surface area (Å²) in [7, 11) is 0. The van der Waals surface area contributed by atoms with E-state index in [0.717, 1.165) is 19.3 Å². The first-order chi connectivity index (χ1) is 17.7. The summed E-state index contributed by atoms with van der Waals surface area (Å²) in [5.74, 6) is -0.831. The minimum atomic E-state index is -0.578. The van der Waals surface area contributed by atoms with E-state index in [9.17, 15) is 14.0 Å². The van der Waals surface area contributed by atoms with Gasteiger partial charge in [0.25, 0.3) is 0 Å². The zero-order chi connectivity index (χ0) is 27.0. The number of nitrogens with one attached hydrogen (secondary N) is 1. The van der Waals surface area contributed by atoms with Crippen molar-refractivity contribution in [3.05, 3.63) is 75.3 Å². The average molecular weight is 550 g/mol. The highest BCUT2D eigenvalue weighted by molar-refractivity contribution is 6.30. The van der Waals surface area contributed by atoms with E-state index < -0.39 is 17.5 Å². The second-order valence-corrected chi connectivity index (χ2v) is 8.90. The summed E-state index contributed by atoms with van der Waals surface area (Å²) in [6.07, 6.45) is 7.94. The number of ether oxygens (including phenoxy) is 2. The predicted molar refractivity (Wildman–Crippen MR) is 136 cm³/mol. The standard InChI is InChI=1S/C18H19ClFN3O2.C7H7ClN2O2/c1-3-25-16(24)12-9-21-17(22-10-12)23-18(5-4-6-18)14-8-13(19)7-11(2)15(14)20;1-2-12-6(11)5-3-9-7(8)10-4-5/h7-10H,3-6H2,1-2H3,(H,21,22,23);3-4H,2H2,1H3. The summed E-state index contributed by atoms with van der Waals surface area (Å²) < 4.78 is 24.3. The fourth-order valence-corrected chi connectivity index (χ4v) is 3.99. The third-order valence-corrected chi connectivity index (χ3v) is 6.00. The summed E-state index contributed by atoms with van der Waals surface area (Å²) in [5.41, 5.74) is 1.04. The first-order valence-electron chi connectivity index (χ1n) is 11.6. The molecule has 0 bridgehead atoms. The Morgan fingerprint density at radius 3 is 1.92 bits per heavy atom. The number of halogens is 3. The molecular weight excluding hydrogens is 524 g/mol. The maximum atomic E-state index is 14.7. The van der Waals surface area contributed by atoms with Gasteiger partial charge in [-0.05, 0) is 69.3 Å². The maximum Gasteiger partial charge on any atom is 0.341 e. The van der Waals surface area contributed by atoms with Crippen molar-refractivity contribution >= 4 is 41.1 Å². The Morgan fingerprint density at radius 1 is 0.946 bits per heavy atom. The van der Waals surface area contributed by atoms with Crippen LogP contribution >= 0.6 is 23.2 Å². The van der Waals surface area contributed by atoms with E-state index in [0.29, 0.717) is 34.3 Å². The summed E-state index contributed by atoms with van der Waals surface area (Å²) in [6, 6.07) is 3.26. The van der Waals surface area contributed by atoms with Crippen LogP contribution in [0.15, 0.2) is 36.9 Å². The molecule has 4 rings (SSSR count). The summed E-state index contributed by atoms with van der Waals surface area (Å²) in [6.45, 7) is 5.78. The molecule has 1 aromatic carbocycles. The Balaban J connectivity index is 0.000000266. The summed E-state index contributed by atoms with van der Waals surface area (Å²) in [4.78, 5) is 38.3. The molecule has 0 radical (unpaired) electrons. The van der Waals surface area contributed by atoms with E-state index in [4.69, 9.17) is 32.7 Å². The van der Waals surface area contributed by atoms with Gasteiger partial charge in [0.1, 0.15) is 5.82 Å². The first kappa shape index (κ1) is 28.2. The topological polar surface area (TPSA) is 116 Å². The first-order valence-corrected chi connectivity index (χ1v) is 12.3. The van der Waals surface area contributed by atoms with Crippen LogP contribution in [0, 0.1) is 12.7 Å². The molecule has 1 aliphatic rings. The molecule has 1 aliphatic carbocycles. The van der Waals surface area contributed by atoms with Crippen molar-refractivity contribution in [2.45, 2.75) is 45.6 Å². The molecule has 2 heterocycles. The maximum absolute atomic E-state index is 14.7. The Kier molecular flexibility index (Phi) is 9.71. The zero-order valence-corrected chi connectivity index (χ0v) is 22.1. The number of aryl methyl sites for hydroxylation is 1. The molecule has 1 fully saturated rings. The van der Waals surface area contributed by atoms with Crippen molar-refractivity contribution in [3.8, 4) is 0 Å². The average Bonchev–Trinajstić information content (AvgIpc) is 2.85. The predicted octanol–water partition coefficient (Wildman–Crippen LogP) is 5.55. The van der Waals surface area contributed by atoms with Crippen LogP contribution < -0.4 is 5.32 Å². The van der Waals surface area contributed by atoms with Gasteiger partial charge in [0.2, 0.25) is 11.2 Å². The number of hydrogen-bond acceptors (Lipinski definition) is 9. The molecule has 9 nitrogen and oxygen atoms in total. The lowest BCUT2D eigenvalue weighted by atomic mass is 9.71. The molecule has 1 N–H and O–H groups in total. The Morgan fingerprint density at radius 2 is 1.46 bits per heavy atom. The van der Waals surface area contributed by atoms with E-state index in [-0.39, 0.29) is 23.3 Å². The fourth-order valence-electron chi connectivity index (χ4n) is 3.62. The molecule has 0 spiro atoms. The normalized spacial score (nSPS) is 13.5. The lowest BCUT2D eigenvalue weighted by molar-refractivity contribution is 0.0515. The van der Waals surface area contributed by atoms with E-state index in [2.05, 4.69) is 25.3 Å². The van der Waals surface area contributed by atoms with Crippen LogP contribution in [0.5, 0.6) is 0 Å². The number of hydrogen-bond donors (Lipinski definition) is 1. The van der Waals surface area contributed by atoms with Gasteiger partial charge >= 0.3 is 11.9 Å². The number of carbonyl (C=O) groups is 2. The van der Waals surface area contributed by atoms with Gasteiger partial charge in [0.05, 0.1) is 29.9 Å². The van der Waals surface area contributed by atoms with Gasteiger partial charge in [-0.1, -0.05) is 11.6 Å². The molecular formula is C25H26Cl2FN5O4. The van der Waals surface area contributed by atoms with E-state index in [1.807, 2.05) is 0 Å². The van der Waals surface area contributed by atoms with Gasteiger partial charge in [-0.2, -0.15) is 0 Å². The molecule has 0 aliphatic heterocycles. The van der Waals surface area contributed by atoms with Crippen LogP contribution in [-0.2, 0) is 15.0 Å². The molecule has 1 saturated carbocycles. The van der Waals surface area contributed by atoms with Gasteiger partial charge in [0, 0.05) is 35.4 Å². The summed E-state index contributed by atoms with van der Waals surface area (Å²) >= 11 is 11.5. The number of benzene rings is 1. The lowest BCUT2D eigenvalue weighted by Gasteiger charge is -2.43. The third kappa shape index (κ3) is 7.11. The highest BCUT2D eigenvalue weighted by atomic mass is 35.5. The van der Waals surface area contributed by atoms with Crippen LogP contribution in [0.25, 0.3) is 0 Å². The number of nitrogens with zero attached hydrogens (tertiary/aromatic N) is 4. The Labute approximate surface area is 223 Å². The second kappa shape index (κ2) is 12.7. The van der Waals surface area contributed by atoms with Crippen molar-refractivity contribution in [3.63, 3.8) is 0 Å². The van der Waals surface area contributed by atoms with Gasteiger partial charge < -0.3 is 14.8 Å².